The first-order chi connectivity index (χ1) is 14.5. The lowest BCUT2D eigenvalue weighted by Crippen LogP contribution is -2.28. The Morgan fingerprint density at radius 2 is 1.90 bits per heavy atom. The van der Waals surface area contributed by atoms with Gasteiger partial charge in [-0.15, -0.1) is 0 Å². The summed E-state index contributed by atoms with van der Waals surface area (Å²) in [6, 6.07) is 13.1. The molecular weight excluding hydrogens is 384 g/mol. The predicted molar refractivity (Wildman–Crippen MR) is 110 cm³/mol. The molecule has 0 radical (unpaired) electrons. The van der Waals surface area contributed by atoms with E-state index in [-0.39, 0.29) is 18.7 Å². The van der Waals surface area contributed by atoms with E-state index >= 15 is 0 Å². The number of aromatic nitrogens is 1. The summed E-state index contributed by atoms with van der Waals surface area (Å²) in [6.07, 6.45) is 0.291. The molecule has 2 aromatic carbocycles. The Kier molecular flexibility index (Phi) is 5.61. The number of ether oxygens (including phenoxy) is 3. The van der Waals surface area contributed by atoms with E-state index in [0.29, 0.717) is 18.8 Å². The van der Waals surface area contributed by atoms with Gasteiger partial charge in [0.25, 0.3) is 0 Å². The number of rotatable bonds is 7. The van der Waals surface area contributed by atoms with Gasteiger partial charge >= 0.3 is 0 Å². The standard InChI is InChI=1S/C23H24N2O5/c1-14(18-6-9-21-22(11-18)29-13-28-21)24-23(26)10-17-4-7-19(8-5-17)27-12-20-15(2)25-30-16(20)3/h4-9,11,14H,10,12-13H2,1-3H3,(H,24,26)/t14-/m1/s1. The average Bonchev–Trinajstić information content (AvgIpc) is 3.33. The molecule has 30 heavy (non-hydrogen) atoms. The summed E-state index contributed by atoms with van der Waals surface area (Å²) in [6.45, 7) is 6.33. The first-order valence-corrected chi connectivity index (χ1v) is 9.82. The van der Waals surface area contributed by atoms with Gasteiger partial charge in [0.05, 0.1) is 23.7 Å². The van der Waals surface area contributed by atoms with E-state index in [1.54, 1.807) is 0 Å². The van der Waals surface area contributed by atoms with E-state index in [1.165, 1.54) is 0 Å². The lowest BCUT2D eigenvalue weighted by Gasteiger charge is -2.15. The maximum Gasteiger partial charge on any atom is 0.231 e. The molecule has 0 saturated carbocycles. The number of aryl methyl sites for hydroxylation is 2. The molecule has 3 aromatic rings. The van der Waals surface area contributed by atoms with Crippen molar-refractivity contribution < 1.29 is 23.5 Å². The second-order valence-corrected chi connectivity index (χ2v) is 7.31. The molecular formula is C23H24N2O5. The summed E-state index contributed by atoms with van der Waals surface area (Å²) in [4.78, 5) is 12.5. The minimum atomic E-state index is -0.135. The summed E-state index contributed by atoms with van der Waals surface area (Å²) in [5.41, 5.74) is 3.67. The van der Waals surface area contributed by atoms with Crippen LogP contribution in [0.5, 0.6) is 17.2 Å². The molecule has 7 heteroatoms. The quantitative estimate of drug-likeness (QED) is 0.636. The zero-order valence-electron chi connectivity index (χ0n) is 17.2. The summed E-state index contributed by atoms with van der Waals surface area (Å²) in [7, 11) is 0. The van der Waals surface area contributed by atoms with Crippen molar-refractivity contribution in [2.75, 3.05) is 6.79 Å². The second kappa shape index (κ2) is 8.49. The van der Waals surface area contributed by atoms with Crippen molar-refractivity contribution >= 4 is 5.91 Å². The maximum absolute atomic E-state index is 12.5. The summed E-state index contributed by atoms with van der Waals surface area (Å²) >= 11 is 0. The predicted octanol–water partition coefficient (Wildman–Crippen LogP) is 4.02. The molecule has 0 bridgehead atoms. The molecule has 1 amide bonds. The Morgan fingerprint density at radius 1 is 1.13 bits per heavy atom. The summed E-state index contributed by atoms with van der Waals surface area (Å²) in [5.74, 6) is 2.88. The molecule has 1 aliphatic heterocycles. The average molecular weight is 408 g/mol. The van der Waals surface area contributed by atoms with Crippen LogP contribution in [0.2, 0.25) is 0 Å². The van der Waals surface area contributed by atoms with Crippen LogP contribution in [0.1, 0.15) is 41.1 Å². The van der Waals surface area contributed by atoms with E-state index in [0.717, 1.165) is 39.6 Å². The highest BCUT2D eigenvalue weighted by atomic mass is 16.7. The Hall–Kier alpha value is -3.48. The number of hydrogen-bond donors (Lipinski definition) is 1. The largest absolute Gasteiger partial charge is 0.489 e. The van der Waals surface area contributed by atoms with Crippen LogP contribution in [0.25, 0.3) is 0 Å². The number of nitrogens with one attached hydrogen (secondary N) is 1. The van der Waals surface area contributed by atoms with Crippen molar-refractivity contribution in [3.8, 4) is 17.2 Å². The lowest BCUT2D eigenvalue weighted by molar-refractivity contribution is -0.121. The fourth-order valence-electron chi connectivity index (χ4n) is 3.31. The second-order valence-electron chi connectivity index (χ2n) is 7.31. The van der Waals surface area contributed by atoms with Crippen molar-refractivity contribution in [3.63, 3.8) is 0 Å². The molecule has 0 fully saturated rings. The van der Waals surface area contributed by atoms with E-state index in [2.05, 4.69) is 10.5 Å². The van der Waals surface area contributed by atoms with E-state index < -0.39 is 0 Å². The van der Waals surface area contributed by atoms with Crippen molar-refractivity contribution in [3.05, 3.63) is 70.6 Å². The van der Waals surface area contributed by atoms with Crippen LogP contribution >= 0.6 is 0 Å². The summed E-state index contributed by atoms with van der Waals surface area (Å²) in [5, 5.41) is 6.95. The van der Waals surface area contributed by atoms with Gasteiger partial charge < -0.3 is 24.1 Å². The van der Waals surface area contributed by atoms with Crippen molar-refractivity contribution in [1.82, 2.24) is 10.5 Å². The monoisotopic (exact) mass is 408 g/mol. The third-order valence-corrected chi connectivity index (χ3v) is 5.13. The van der Waals surface area contributed by atoms with Crippen LogP contribution in [-0.2, 0) is 17.8 Å². The molecule has 0 unspecified atom stereocenters. The molecule has 1 N–H and O–H groups in total. The van der Waals surface area contributed by atoms with Gasteiger partial charge in [0, 0.05) is 0 Å². The fraction of sp³-hybridized carbons (Fsp3) is 0.304. The molecule has 156 valence electrons. The molecule has 1 aliphatic rings. The van der Waals surface area contributed by atoms with Crippen molar-refractivity contribution in [2.24, 2.45) is 0 Å². The van der Waals surface area contributed by atoms with E-state index in [9.17, 15) is 4.79 Å². The molecule has 1 aromatic heterocycles. The zero-order chi connectivity index (χ0) is 21.1. The smallest absolute Gasteiger partial charge is 0.231 e. The molecule has 0 spiro atoms. The molecule has 0 aliphatic carbocycles. The van der Waals surface area contributed by atoms with Crippen LogP contribution in [0.15, 0.2) is 47.0 Å². The third kappa shape index (κ3) is 4.40. The van der Waals surface area contributed by atoms with E-state index in [1.807, 2.05) is 63.2 Å². The highest BCUT2D eigenvalue weighted by Crippen LogP contribution is 2.34. The Labute approximate surface area is 174 Å². The number of hydrogen-bond acceptors (Lipinski definition) is 6. The molecule has 4 rings (SSSR count). The number of benzene rings is 2. The van der Waals surface area contributed by atoms with Gasteiger partial charge in [0.15, 0.2) is 11.5 Å². The van der Waals surface area contributed by atoms with Crippen LogP contribution < -0.4 is 19.5 Å². The van der Waals surface area contributed by atoms with Crippen LogP contribution in [0, 0.1) is 13.8 Å². The third-order valence-electron chi connectivity index (χ3n) is 5.13. The zero-order valence-corrected chi connectivity index (χ0v) is 17.2. The number of carbonyl (C=O) groups excluding carboxylic acids is 1. The van der Waals surface area contributed by atoms with Gasteiger partial charge in [-0.25, -0.2) is 0 Å². The fourth-order valence-corrected chi connectivity index (χ4v) is 3.31. The Morgan fingerprint density at radius 3 is 2.63 bits per heavy atom. The number of nitrogens with zero attached hydrogens (tertiary/aromatic N) is 1. The van der Waals surface area contributed by atoms with Gasteiger partial charge in [0.1, 0.15) is 18.1 Å². The SMILES string of the molecule is Cc1noc(C)c1COc1ccc(CC(=O)N[C@H](C)c2ccc3c(c2)OCO3)cc1. The highest BCUT2D eigenvalue weighted by molar-refractivity contribution is 5.79. The van der Waals surface area contributed by atoms with Gasteiger partial charge in [-0.2, -0.15) is 0 Å². The normalized spacial score (nSPS) is 13.2. The minimum absolute atomic E-state index is 0.0513. The van der Waals surface area contributed by atoms with E-state index in [4.69, 9.17) is 18.7 Å². The molecule has 2 heterocycles. The lowest BCUT2D eigenvalue weighted by atomic mass is 10.1. The first-order valence-electron chi connectivity index (χ1n) is 9.82. The molecule has 1 atom stereocenters. The van der Waals surface area contributed by atoms with Gasteiger partial charge in [-0.1, -0.05) is 23.4 Å². The molecule has 7 nitrogen and oxygen atoms in total. The van der Waals surface area contributed by atoms with Crippen LogP contribution in [0.4, 0.5) is 0 Å². The number of carbonyl (C=O) groups is 1. The van der Waals surface area contributed by atoms with Crippen molar-refractivity contribution in [2.45, 2.75) is 39.8 Å². The maximum atomic E-state index is 12.5. The Bertz CT molecular complexity index is 1020. The van der Waals surface area contributed by atoms with Crippen molar-refractivity contribution in [1.29, 1.82) is 0 Å². The van der Waals surface area contributed by atoms with Crippen LogP contribution in [0.3, 0.4) is 0 Å². The minimum Gasteiger partial charge on any atom is -0.489 e. The highest BCUT2D eigenvalue weighted by Gasteiger charge is 2.17. The van der Waals surface area contributed by atoms with Gasteiger partial charge in [-0.05, 0) is 56.2 Å². The van der Waals surface area contributed by atoms with Crippen LogP contribution in [-0.4, -0.2) is 17.9 Å². The Balaban J connectivity index is 1.30. The number of amides is 1. The van der Waals surface area contributed by atoms with Gasteiger partial charge in [0.2, 0.25) is 12.7 Å². The first kappa shape index (κ1) is 19.8. The summed E-state index contributed by atoms with van der Waals surface area (Å²) < 4.78 is 21.7. The molecule has 0 saturated heterocycles. The topological polar surface area (TPSA) is 82.8 Å². The number of fused-ring (bicyclic) bond motifs is 1. The van der Waals surface area contributed by atoms with Gasteiger partial charge in [-0.3, -0.25) is 4.79 Å².